The van der Waals surface area contributed by atoms with Gasteiger partial charge in [-0.05, 0) is 29.8 Å². The topological polar surface area (TPSA) is 105 Å². The van der Waals surface area contributed by atoms with Crippen LogP contribution >= 0.6 is 0 Å². The van der Waals surface area contributed by atoms with Crippen LogP contribution in [0.1, 0.15) is 0 Å². The fourth-order valence-corrected chi connectivity index (χ4v) is 2.33. The molecule has 0 aliphatic rings. The second-order valence-electron chi connectivity index (χ2n) is 4.98. The van der Waals surface area contributed by atoms with E-state index < -0.39 is 0 Å². The lowest BCUT2D eigenvalue weighted by Crippen LogP contribution is -1.99. The van der Waals surface area contributed by atoms with E-state index in [0.717, 1.165) is 11.1 Å². The summed E-state index contributed by atoms with van der Waals surface area (Å²) in [5.41, 5.74) is 8.42. The summed E-state index contributed by atoms with van der Waals surface area (Å²) in [4.78, 5) is 8.34. The van der Waals surface area contributed by atoms with E-state index >= 15 is 0 Å². The third-order valence-electron chi connectivity index (χ3n) is 3.44. The Labute approximate surface area is 138 Å². The molecule has 3 rings (SSSR count). The van der Waals surface area contributed by atoms with E-state index in [4.69, 9.17) is 15.7 Å². The highest BCUT2D eigenvalue weighted by Crippen LogP contribution is 2.35. The number of nitrogens with zero attached hydrogens (tertiary/aromatic N) is 3. The molecule has 0 aliphatic heterocycles. The number of aromatic hydroxyl groups is 1. The molecular formula is C18H14N4O2. The molecular weight excluding hydrogens is 304 g/mol. The van der Waals surface area contributed by atoms with Gasteiger partial charge in [-0.3, -0.25) is 0 Å². The van der Waals surface area contributed by atoms with Crippen LogP contribution in [-0.4, -0.2) is 21.7 Å². The number of phenolic OH excluding ortho intramolecular Hbond substituents is 1. The average molecular weight is 318 g/mol. The van der Waals surface area contributed by atoms with E-state index in [1.165, 1.54) is 0 Å². The molecule has 6 nitrogen and oxygen atoms in total. The fraction of sp³-hybridized carbons (Fsp3) is 0.0556. The Morgan fingerprint density at radius 3 is 2.54 bits per heavy atom. The molecule has 1 aromatic heterocycles. The smallest absolute Gasteiger partial charge is 0.220 e. The van der Waals surface area contributed by atoms with Gasteiger partial charge in [0.2, 0.25) is 5.95 Å². The number of nitrogen functional groups attached to an aromatic ring is 1. The number of phenols is 1. The number of ether oxygens (including phenoxy) is 1. The zero-order chi connectivity index (χ0) is 16.9. The first-order valence-corrected chi connectivity index (χ1v) is 7.20. The standard InChI is InChI=1S/C18H14N4O2/c19-9-10-24-13-7-5-12(6-8-13)15-11-21-18(20)22-17(15)14-3-1-2-4-16(14)23/h1-8,11,23H,10H2,(H2,20,21,22). The van der Waals surface area contributed by atoms with Gasteiger partial charge >= 0.3 is 0 Å². The Morgan fingerprint density at radius 1 is 1.08 bits per heavy atom. The number of nitriles is 1. The Balaban J connectivity index is 2.06. The number of para-hydroxylation sites is 1. The second-order valence-corrected chi connectivity index (χ2v) is 4.98. The van der Waals surface area contributed by atoms with Crippen molar-refractivity contribution in [3.05, 3.63) is 54.7 Å². The molecule has 0 aliphatic carbocycles. The molecule has 0 amide bonds. The van der Waals surface area contributed by atoms with E-state index in [0.29, 0.717) is 17.0 Å². The molecule has 0 radical (unpaired) electrons. The third-order valence-corrected chi connectivity index (χ3v) is 3.44. The first-order chi connectivity index (χ1) is 11.7. The Morgan fingerprint density at radius 2 is 1.83 bits per heavy atom. The van der Waals surface area contributed by atoms with Gasteiger partial charge < -0.3 is 15.6 Å². The van der Waals surface area contributed by atoms with Crippen molar-refractivity contribution in [3.8, 4) is 40.0 Å². The van der Waals surface area contributed by atoms with Crippen molar-refractivity contribution in [2.75, 3.05) is 12.3 Å². The van der Waals surface area contributed by atoms with Gasteiger partial charge in [0.25, 0.3) is 0 Å². The summed E-state index contributed by atoms with van der Waals surface area (Å²) in [5, 5.41) is 18.7. The minimum Gasteiger partial charge on any atom is -0.507 e. The van der Waals surface area contributed by atoms with Crippen molar-refractivity contribution >= 4 is 5.95 Å². The van der Waals surface area contributed by atoms with Gasteiger partial charge in [-0.2, -0.15) is 5.26 Å². The number of benzene rings is 2. The largest absolute Gasteiger partial charge is 0.507 e. The molecule has 0 atom stereocenters. The van der Waals surface area contributed by atoms with Crippen LogP contribution in [0.15, 0.2) is 54.7 Å². The highest BCUT2D eigenvalue weighted by molar-refractivity contribution is 5.83. The molecule has 3 aromatic rings. The molecule has 118 valence electrons. The van der Waals surface area contributed by atoms with Crippen LogP contribution in [-0.2, 0) is 0 Å². The molecule has 0 bridgehead atoms. The predicted octanol–water partition coefficient (Wildman–Crippen LogP) is 3.00. The van der Waals surface area contributed by atoms with Crippen LogP contribution in [0.4, 0.5) is 5.95 Å². The molecule has 2 aromatic carbocycles. The maximum Gasteiger partial charge on any atom is 0.220 e. The SMILES string of the molecule is N#CCOc1ccc(-c2cnc(N)nc2-c2ccccc2O)cc1. The van der Waals surface area contributed by atoms with Gasteiger partial charge in [0, 0.05) is 17.3 Å². The third kappa shape index (κ3) is 3.10. The normalized spacial score (nSPS) is 10.1. The summed E-state index contributed by atoms with van der Waals surface area (Å²) in [6.45, 7) is -0.00648. The van der Waals surface area contributed by atoms with Gasteiger partial charge in [-0.1, -0.05) is 24.3 Å². The van der Waals surface area contributed by atoms with Gasteiger partial charge in [-0.15, -0.1) is 0 Å². The van der Waals surface area contributed by atoms with Crippen molar-refractivity contribution < 1.29 is 9.84 Å². The first-order valence-electron chi connectivity index (χ1n) is 7.20. The number of anilines is 1. The highest BCUT2D eigenvalue weighted by Gasteiger charge is 2.13. The minimum atomic E-state index is -0.00648. The number of hydrogen-bond acceptors (Lipinski definition) is 6. The van der Waals surface area contributed by atoms with E-state index in [1.54, 1.807) is 36.5 Å². The Kier molecular flexibility index (Phi) is 4.25. The predicted molar refractivity (Wildman–Crippen MR) is 90.1 cm³/mol. The monoisotopic (exact) mass is 318 g/mol. The Hall–Kier alpha value is -3.59. The van der Waals surface area contributed by atoms with Crippen molar-refractivity contribution in [3.63, 3.8) is 0 Å². The average Bonchev–Trinajstić information content (AvgIpc) is 2.61. The van der Waals surface area contributed by atoms with Crippen molar-refractivity contribution in [1.29, 1.82) is 5.26 Å². The summed E-state index contributed by atoms with van der Waals surface area (Å²) in [6.07, 6.45) is 1.62. The van der Waals surface area contributed by atoms with E-state index in [-0.39, 0.29) is 18.3 Å². The quantitative estimate of drug-likeness (QED) is 0.766. The maximum atomic E-state index is 10.1. The molecule has 6 heteroatoms. The van der Waals surface area contributed by atoms with E-state index in [1.807, 2.05) is 24.3 Å². The Bertz CT molecular complexity index is 902. The number of rotatable bonds is 4. The zero-order valence-corrected chi connectivity index (χ0v) is 12.7. The molecule has 0 unspecified atom stereocenters. The summed E-state index contributed by atoms with van der Waals surface area (Å²) >= 11 is 0. The fourth-order valence-electron chi connectivity index (χ4n) is 2.33. The van der Waals surface area contributed by atoms with Crippen LogP contribution < -0.4 is 10.5 Å². The number of hydrogen-bond donors (Lipinski definition) is 2. The van der Waals surface area contributed by atoms with Crippen LogP contribution in [0, 0.1) is 11.3 Å². The number of aromatic nitrogens is 2. The van der Waals surface area contributed by atoms with Crippen molar-refractivity contribution in [2.45, 2.75) is 0 Å². The van der Waals surface area contributed by atoms with E-state index in [2.05, 4.69) is 9.97 Å². The molecule has 1 heterocycles. The minimum absolute atomic E-state index is 0.00648. The summed E-state index contributed by atoms with van der Waals surface area (Å²) < 4.78 is 5.25. The van der Waals surface area contributed by atoms with Gasteiger partial charge in [0.05, 0.1) is 5.69 Å². The van der Waals surface area contributed by atoms with Crippen LogP contribution in [0.3, 0.4) is 0 Å². The molecule has 0 spiro atoms. The zero-order valence-electron chi connectivity index (χ0n) is 12.7. The van der Waals surface area contributed by atoms with Gasteiger partial charge in [0.1, 0.15) is 17.6 Å². The van der Waals surface area contributed by atoms with Crippen LogP contribution in [0.2, 0.25) is 0 Å². The summed E-state index contributed by atoms with van der Waals surface area (Å²) in [5.74, 6) is 0.845. The van der Waals surface area contributed by atoms with Crippen LogP contribution in [0.5, 0.6) is 11.5 Å². The lowest BCUT2D eigenvalue weighted by atomic mass is 10.00. The lowest BCUT2D eigenvalue weighted by molar-refractivity contribution is 0.368. The lowest BCUT2D eigenvalue weighted by Gasteiger charge is -2.11. The molecule has 0 saturated carbocycles. The molecule has 24 heavy (non-hydrogen) atoms. The van der Waals surface area contributed by atoms with Crippen molar-refractivity contribution in [2.24, 2.45) is 0 Å². The van der Waals surface area contributed by atoms with E-state index in [9.17, 15) is 5.11 Å². The maximum absolute atomic E-state index is 10.1. The molecule has 0 saturated heterocycles. The van der Waals surface area contributed by atoms with Crippen molar-refractivity contribution in [1.82, 2.24) is 9.97 Å². The first kappa shape index (κ1) is 15.3. The number of nitrogens with two attached hydrogens (primary N) is 1. The molecule has 3 N–H and O–H groups in total. The van der Waals surface area contributed by atoms with Crippen LogP contribution in [0.25, 0.3) is 22.4 Å². The van der Waals surface area contributed by atoms with Gasteiger partial charge in [0.15, 0.2) is 6.61 Å². The summed E-state index contributed by atoms with van der Waals surface area (Å²) in [7, 11) is 0. The molecule has 0 fully saturated rings. The van der Waals surface area contributed by atoms with Gasteiger partial charge in [-0.25, -0.2) is 9.97 Å². The highest BCUT2D eigenvalue weighted by atomic mass is 16.5. The second kappa shape index (κ2) is 6.67. The summed E-state index contributed by atoms with van der Waals surface area (Å²) in [6, 6.07) is 16.0.